The average molecular weight is 751 g/mol. The number of aromatic nitrogens is 6. The van der Waals surface area contributed by atoms with Crippen LogP contribution >= 0.6 is 23.2 Å². The number of fused-ring (bicyclic) bond motifs is 4. The highest BCUT2D eigenvalue weighted by Crippen LogP contribution is 2.35. The van der Waals surface area contributed by atoms with Gasteiger partial charge in [0.25, 0.3) is 12.0 Å². The number of carboxylic acids is 1. The summed E-state index contributed by atoms with van der Waals surface area (Å²) in [6.07, 6.45) is -1.55. The summed E-state index contributed by atoms with van der Waals surface area (Å²) < 4.78 is 61.8. The van der Waals surface area contributed by atoms with Gasteiger partial charge in [-0.2, -0.15) is 13.2 Å². The van der Waals surface area contributed by atoms with Gasteiger partial charge in [-0.15, -0.1) is 5.10 Å². The van der Waals surface area contributed by atoms with E-state index >= 15 is 0 Å². The molecule has 266 valence electrons. The summed E-state index contributed by atoms with van der Waals surface area (Å²) in [6, 6.07) is 13.8. The number of halogens is 7. The Balaban J connectivity index is 0.000000654. The summed E-state index contributed by atoms with van der Waals surface area (Å²) >= 11 is 12.3. The lowest BCUT2D eigenvalue weighted by Crippen LogP contribution is -2.27. The van der Waals surface area contributed by atoms with Crippen molar-refractivity contribution in [2.24, 2.45) is 5.92 Å². The number of rotatable bonds is 4. The van der Waals surface area contributed by atoms with E-state index in [0.29, 0.717) is 63.7 Å². The van der Waals surface area contributed by atoms with Gasteiger partial charge < -0.3 is 10.4 Å². The van der Waals surface area contributed by atoms with Crippen LogP contribution in [0.2, 0.25) is 10.2 Å². The first-order valence-corrected chi connectivity index (χ1v) is 15.8. The Morgan fingerprint density at radius 2 is 1.75 bits per heavy atom. The maximum absolute atomic E-state index is 13.7. The molecule has 0 fully saturated rings. The van der Waals surface area contributed by atoms with Crippen molar-refractivity contribution in [2.75, 3.05) is 5.32 Å². The molecule has 2 N–H and O–H groups in total. The molecule has 0 spiro atoms. The molecule has 2 bridgehead atoms. The Morgan fingerprint density at radius 3 is 2.39 bits per heavy atom. The number of carboxylic acid groups (broad SMARTS) is 1. The zero-order valence-corrected chi connectivity index (χ0v) is 27.8. The van der Waals surface area contributed by atoms with Crippen LogP contribution in [0, 0.1) is 5.92 Å². The number of amides is 1. The molecule has 11 nitrogen and oxygen atoms in total. The van der Waals surface area contributed by atoms with Gasteiger partial charge in [-0.3, -0.25) is 19.1 Å². The Bertz CT molecular complexity index is 2140. The molecule has 0 aliphatic carbocycles. The molecule has 18 heteroatoms. The topological polar surface area (TPSA) is 145 Å². The van der Waals surface area contributed by atoms with Crippen molar-refractivity contribution in [3.8, 4) is 28.1 Å². The first-order chi connectivity index (χ1) is 24.1. The predicted octanol–water partition coefficient (Wildman–Crippen LogP) is 7.78. The third-order valence-corrected chi connectivity index (χ3v) is 8.32. The van der Waals surface area contributed by atoms with Gasteiger partial charge in [-0.1, -0.05) is 53.9 Å². The fourth-order valence-electron chi connectivity index (χ4n) is 5.35. The van der Waals surface area contributed by atoms with Gasteiger partial charge in [0.15, 0.2) is 5.15 Å². The molecule has 2 atom stereocenters. The number of hydrogen-bond acceptors (Lipinski definition) is 7. The monoisotopic (exact) mass is 749 g/mol. The normalized spacial score (nSPS) is 16.2. The van der Waals surface area contributed by atoms with Crippen LogP contribution in [-0.2, 0) is 9.59 Å². The number of nitrogens with zero attached hydrogens (tertiary/aromatic N) is 6. The molecule has 4 heterocycles. The molecule has 5 aromatic rings. The van der Waals surface area contributed by atoms with Crippen LogP contribution in [0.4, 0.5) is 27.6 Å². The van der Waals surface area contributed by atoms with E-state index in [1.165, 1.54) is 40.0 Å². The highest BCUT2D eigenvalue weighted by Gasteiger charge is 2.38. The zero-order chi connectivity index (χ0) is 37.0. The van der Waals surface area contributed by atoms with E-state index in [2.05, 4.69) is 25.6 Å². The minimum atomic E-state index is -5.08. The highest BCUT2D eigenvalue weighted by molar-refractivity contribution is 6.31. The molecule has 0 saturated heterocycles. The van der Waals surface area contributed by atoms with Crippen LogP contribution < -0.4 is 10.9 Å². The van der Waals surface area contributed by atoms with Crippen molar-refractivity contribution in [3.63, 3.8) is 0 Å². The lowest BCUT2D eigenvalue weighted by atomic mass is 9.95. The van der Waals surface area contributed by atoms with E-state index < -0.39 is 30.5 Å². The predicted molar refractivity (Wildman–Crippen MR) is 177 cm³/mol. The third kappa shape index (κ3) is 8.75. The molecule has 1 amide bonds. The number of hydrogen-bond donors (Lipinski definition) is 2. The Morgan fingerprint density at radius 1 is 1.00 bits per heavy atom. The van der Waals surface area contributed by atoms with Crippen LogP contribution in [0.25, 0.3) is 28.1 Å². The Labute approximate surface area is 295 Å². The summed E-state index contributed by atoms with van der Waals surface area (Å²) in [4.78, 5) is 44.8. The van der Waals surface area contributed by atoms with Crippen LogP contribution in [0.3, 0.4) is 0 Å². The van der Waals surface area contributed by atoms with E-state index in [0.717, 1.165) is 0 Å². The van der Waals surface area contributed by atoms with Crippen LogP contribution in [-0.4, -0.2) is 52.7 Å². The fourth-order valence-corrected chi connectivity index (χ4v) is 5.65. The molecule has 6 rings (SSSR count). The van der Waals surface area contributed by atoms with Crippen LogP contribution in [0.5, 0.6) is 0 Å². The minimum absolute atomic E-state index is 0.191. The Hall–Kier alpha value is -5.22. The zero-order valence-electron chi connectivity index (χ0n) is 26.3. The largest absolute Gasteiger partial charge is 0.490 e. The van der Waals surface area contributed by atoms with Crippen LogP contribution in [0.15, 0.2) is 78.1 Å². The number of alkyl halides is 5. The molecule has 0 saturated carbocycles. The van der Waals surface area contributed by atoms with E-state index in [4.69, 9.17) is 33.1 Å². The quantitative estimate of drug-likeness (QED) is 0.177. The summed E-state index contributed by atoms with van der Waals surface area (Å²) in [7, 11) is 0. The maximum atomic E-state index is 13.7. The van der Waals surface area contributed by atoms with E-state index in [1.54, 1.807) is 43.5 Å². The molecule has 3 aromatic heterocycles. The van der Waals surface area contributed by atoms with Gasteiger partial charge in [-0.05, 0) is 54.8 Å². The first kappa shape index (κ1) is 37.0. The van der Waals surface area contributed by atoms with Crippen LogP contribution in [0.1, 0.15) is 49.9 Å². The van der Waals surface area contributed by atoms with Gasteiger partial charge in [-0.25, -0.2) is 23.2 Å². The average Bonchev–Trinajstić information content (AvgIpc) is 3.52. The van der Waals surface area contributed by atoms with E-state index in [1.807, 2.05) is 6.07 Å². The number of carbonyl (C=O) groups is 2. The maximum Gasteiger partial charge on any atom is 0.490 e. The molecular weight excluding hydrogens is 724 g/mol. The number of anilines is 1. The number of pyridine rings is 1. The molecule has 1 aliphatic heterocycles. The minimum Gasteiger partial charge on any atom is -0.475 e. The standard InChI is InChI=1S/C31H25Cl2F2N7O2.C2HF3O2/c1-17-3-2-4-27(25-11-18(9-10-36-25)21-7-5-19(30(34)35)12-24(21)38-31(17)44)41-16-37-23(14-29(41)43)22-13-20(32)6-8-26(22)42-15-28(33)39-40-42;3-2(4,5)1(6)7/h5-17,27,30H,2-4H2,1H3,(H,38,44);(H,6,7)/t17-,27+;/m1./s1. The molecule has 1 aliphatic rings. The second kappa shape index (κ2) is 15.3. The second-order valence-electron chi connectivity index (χ2n) is 11.4. The highest BCUT2D eigenvalue weighted by atomic mass is 35.5. The summed E-state index contributed by atoms with van der Waals surface area (Å²) in [5.74, 6) is -3.42. The van der Waals surface area contributed by atoms with Crippen molar-refractivity contribution in [2.45, 2.75) is 44.8 Å². The van der Waals surface area contributed by atoms with Crippen molar-refractivity contribution < 1.29 is 36.6 Å². The fraction of sp³-hybridized carbons (Fsp3) is 0.242. The number of aliphatic carboxylic acids is 1. The van der Waals surface area contributed by atoms with Gasteiger partial charge in [0.1, 0.15) is 0 Å². The Kier molecular flexibility index (Phi) is 11.1. The van der Waals surface area contributed by atoms with Crippen molar-refractivity contribution in [1.29, 1.82) is 0 Å². The smallest absolute Gasteiger partial charge is 0.475 e. The molecule has 0 radical (unpaired) electrons. The van der Waals surface area contributed by atoms with Gasteiger partial charge in [0.05, 0.1) is 35.6 Å². The lowest BCUT2D eigenvalue weighted by molar-refractivity contribution is -0.192. The number of benzene rings is 2. The molecular formula is C33H26Cl2F5N7O4. The van der Waals surface area contributed by atoms with Gasteiger partial charge >= 0.3 is 12.1 Å². The van der Waals surface area contributed by atoms with Crippen molar-refractivity contribution >= 4 is 40.8 Å². The van der Waals surface area contributed by atoms with Gasteiger partial charge in [0.2, 0.25) is 5.91 Å². The number of nitrogens with one attached hydrogen (secondary N) is 1. The first-order valence-electron chi connectivity index (χ1n) is 15.1. The van der Waals surface area contributed by atoms with E-state index in [9.17, 15) is 31.5 Å². The lowest BCUT2D eigenvalue weighted by Gasteiger charge is -2.23. The summed E-state index contributed by atoms with van der Waals surface area (Å²) in [6.45, 7) is 1.79. The molecule has 2 aromatic carbocycles. The van der Waals surface area contributed by atoms with Crippen molar-refractivity contribution in [3.05, 3.63) is 105 Å². The third-order valence-electron chi connectivity index (χ3n) is 7.91. The molecule has 51 heavy (non-hydrogen) atoms. The summed E-state index contributed by atoms with van der Waals surface area (Å²) in [5, 5.41) is 18.5. The second-order valence-corrected chi connectivity index (χ2v) is 12.2. The van der Waals surface area contributed by atoms with Crippen molar-refractivity contribution in [1.82, 2.24) is 29.5 Å². The summed E-state index contributed by atoms with van der Waals surface area (Å²) in [5.41, 5.74) is 3.13. The number of carbonyl (C=O) groups excluding carboxylic acids is 1. The van der Waals surface area contributed by atoms with E-state index in [-0.39, 0.29) is 22.2 Å². The SMILES string of the molecule is C[C@@H]1CCC[C@H](n2cnc(-c3cc(Cl)ccc3-n3cc(Cl)nn3)cc2=O)c2cc(ccn2)-c2ccc(C(F)F)cc2NC1=O.O=C(O)C(F)(F)F. The molecule has 0 unspecified atom stereocenters. The van der Waals surface area contributed by atoms with Gasteiger partial charge in [0, 0.05) is 45.6 Å².